The minimum Gasteiger partial charge on any atom is -0.389 e. The number of hydrogen-bond acceptors (Lipinski definition) is 2. The summed E-state index contributed by atoms with van der Waals surface area (Å²) >= 11 is 0. The van der Waals surface area contributed by atoms with E-state index in [2.05, 4.69) is 29.6 Å². The van der Waals surface area contributed by atoms with Crippen LogP contribution in [0, 0.1) is 0 Å². The van der Waals surface area contributed by atoms with Crippen molar-refractivity contribution in [3.05, 3.63) is 35.9 Å². The second kappa shape index (κ2) is 4.77. The molecule has 0 radical (unpaired) electrons. The Morgan fingerprint density at radius 2 is 2.07 bits per heavy atom. The minimum atomic E-state index is -0.478. The van der Waals surface area contributed by atoms with Gasteiger partial charge < -0.3 is 10.4 Å². The van der Waals surface area contributed by atoms with E-state index in [1.807, 2.05) is 6.07 Å². The Bertz CT molecular complexity index is 291. The summed E-state index contributed by atoms with van der Waals surface area (Å²) in [6, 6.07) is 10.4. The zero-order chi connectivity index (χ0) is 10.6. The zero-order valence-electron chi connectivity index (χ0n) is 9.08. The number of β-amino-alcohol motifs (C(OH)–C–C–N with tert-alkyl or cyclic N) is 1. The monoisotopic (exact) mass is 205 g/mol. The number of hydrogen-bond donors (Lipinski definition) is 2. The minimum absolute atomic E-state index is 0.478. The van der Waals surface area contributed by atoms with E-state index in [0.717, 1.165) is 38.8 Å². The van der Waals surface area contributed by atoms with E-state index in [1.54, 1.807) is 0 Å². The Kier molecular flexibility index (Phi) is 3.39. The number of aliphatic hydroxyl groups is 1. The Morgan fingerprint density at radius 1 is 1.27 bits per heavy atom. The highest BCUT2D eigenvalue weighted by Gasteiger charge is 2.28. The summed E-state index contributed by atoms with van der Waals surface area (Å²) in [5.74, 6) is 0. The average Bonchev–Trinajstić information content (AvgIpc) is 2.29. The van der Waals surface area contributed by atoms with Crippen molar-refractivity contribution >= 4 is 0 Å². The van der Waals surface area contributed by atoms with Crippen LogP contribution >= 0.6 is 0 Å². The Morgan fingerprint density at radius 3 is 2.73 bits per heavy atom. The molecule has 0 amide bonds. The normalized spacial score (nSPS) is 26.5. The van der Waals surface area contributed by atoms with Gasteiger partial charge in [0, 0.05) is 6.54 Å². The third-order valence-corrected chi connectivity index (χ3v) is 3.17. The molecule has 1 aliphatic rings. The molecule has 1 aromatic rings. The fourth-order valence-corrected chi connectivity index (χ4v) is 2.19. The van der Waals surface area contributed by atoms with Crippen molar-refractivity contribution in [1.82, 2.24) is 5.32 Å². The molecule has 2 N–H and O–H groups in total. The molecule has 0 aliphatic carbocycles. The van der Waals surface area contributed by atoms with Gasteiger partial charge in [0.25, 0.3) is 0 Å². The van der Waals surface area contributed by atoms with Crippen LogP contribution in [0.15, 0.2) is 30.3 Å². The summed E-state index contributed by atoms with van der Waals surface area (Å²) in [6.45, 7) is 1.80. The predicted octanol–water partition coefficient (Wildman–Crippen LogP) is 1.73. The molecule has 1 aliphatic heterocycles. The van der Waals surface area contributed by atoms with Crippen LogP contribution < -0.4 is 5.32 Å². The molecule has 2 rings (SSSR count). The molecule has 1 saturated heterocycles. The molecule has 2 nitrogen and oxygen atoms in total. The van der Waals surface area contributed by atoms with Crippen LogP contribution in [0.4, 0.5) is 0 Å². The lowest BCUT2D eigenvalue weighted by molar-refractivity contribution is 0.00888. The van der Waals surface area contributed by atoms with Gasteiger partial charge in [-0.1, -0.05) is 30.3 Å². The van der Waals surface area contributed by atoms with Crippen LogP contribution in [-0.2, 0) is 6.42 Å². The van der Waals surface area contributed by atoms with Crippen LogP contribution in [0.2, 0.25) is 0 Å². The van der Waals surface area contributed by atoms with E-state index in [-0.39, 0.29) is 0 Å². The predicted molar refractivity (Wildman–Crippen MR) is 61.8 cm³/mol. The lowest BCUT2D eigenvalue weighted by Crippen LogP contribution is -2.45. The van der Waals surface area contributed by atoms with Crippen LogP contribution in [0.25, 0.3) is 0 Å². The maximum Gasteiger partial charge on any atom is 0.0775 e. The third kappa shape index (κ3) is 3.05. The van der Waals surface area contributed by atoms with Gasteiger partial charge in [0.1, 0.15) is 0 Å². The summed E-state index contributed by atoms with van der Waals surface area (Å²) in [4.78, 5) is 0. The van der Waals surface area contributed by atoms with Gasteiger partial charge in [0.15, 0.2) is 0 Å². The first-order chi connectivity index (χ1) is 7.29. The standard InChI is InChI=1S/C13H19NO/c15-13(8-4-10-14-11-13)9-7-12-5-2-1-3-6-12/h1-3,5-6,14-15H,4,7-11H2. The molecule has 1 heterocycles. The first-order valence-electron chi connectivity index (χ1n) is 5.76. The average molecular weight is 205 g/mol. The number of aryl methyl sites for hydroxylation is 1. The van der Waals surface area contributed by atoms with Gasteiger partial charge in [-0.05, 0) is 37.8 Å². The van der Waals surface area contributed by atoms with E-state index in [1.165, 1.54) is 5.56 Å². The molecule has 2 heteroatoms. The molecule has 82 valence electrons. The quantitative estimate of drug-likeness (QED) is 0.787. The maximum atomic E-state index is 10.3. The molecule has 0 spiro atoms. The van der Waals surface area contributed by atoms with E-state index >= 15 is 0 Å². The first-order valence-corrected chi connectivity index (χ1v) is 5.76. The van der Waals surface area contributed by atoms with Gasteiger partial charge >= 0.3 is 0 Å². The lowest BCUT2D eigenvalue weighted by atomic mass is 9.88. The van der Waals surface area contributed by atoms with Gasteiger partial charge in [-0.3, -0.25) is 0 Å². The zero-order valence-corrected chi connectivity index (χ0v) is 9.08. The van der Waals surface area contributed by atoms with Crippen molar-refractivity contribution in [3.8, 4) is 0 Å². The molecule has 0 saturated carbocycles. The van der Waals surface area contributed by atoms with Crippen molar-refractivity contribution in [2.24, 2.45) is 0 Å². The second-order valence-corrected chi connectivity index (χ2v) is 4.49. The van der Waals surface area contributed by atoms with Gasteiger partial charge in [-0.15, -0.1) is 0 Å². The van der Waals surface area contributed by atoms with Gasteiger partial charge in [0.05, 0.1) is 5.60 Å². The van der Waals surface area contributed by atoms with E-state index in [9.17, 15) is 5.11 Å². The molecule has 1 atom stereocenters. The fourth-order valence-electron chi connectivity index (χ4n) is 2.19. The molecule has 0 bridgehead atoms. The molecule has 0 aromatic heterocycles. The van der Waals surface area contributed by atoms with Gasteiger partial charge in [-0.2, -0.15) is 0 Å². The Hall–Kier alpha value is -0.860. The van der Waals surface area contributed by atoms with Crippen molar-refractivity contribution < 1.29 is 5.11 Å². The van der Waals surface area contributed by atoms with Crippen LogP contribution in [-0.4, -0.2) is 23.8 Å². The van der Waals surface area contributed by atoms with Crippen molar-refractivity contribution in [3.63, 3.8) is 0 Å². The molecular formula is C13H19NO. The van der Waals surface area contributed by atoms with E-state index in [0.29, 0.717) is 0 Å². The summed E-state index contributed by atoms with van der Waals surface area (Å²) in [7, 11) is 0. The number of benzene rings is 1. The highest BCUT2D eigenvalue weighted by Crippen LogP contribution is 2.21. The number of piperidine rings is 1. The Balaban J connectivity index is 1.87. The number of rotatable bonds is 3. The van der Waals surface area contributed by atoms with Crippen molar-refractivity contribution in [1.29, 1.82) is 0 Å². The maximum absolute atomic E-state index is 10.3. The largest absolute Gasteiger partial charge is 0.389 e. The first kappa shape index (κ1) is 10.7. The summed E-state index contributed by atoms with van der Waals surface area (Å²) in [6.07, 6.45) is 3.86. The number of nitrogens with one attached hydrogen (secondary N) is 1. The fraction of sp³-hybridized carbons (Fsp3) is 0.538. The van der Waals surface area contributed by atoms with Crippen molar-refractivity contribution in [2.45, 2.75) is 31.3 Å². The smallest absolute Gasteiger partial charge is 0.0775 e. The highest BCUT2D eigenvalue weighted by atomic mass is 16.3. The summed E-state index contributed by atoms with van der Waals surface area (Å²) < 4.78 is 0. The van der Waals surface area contributed by atoms with Crippen LogP contribution in [0.1, 0.15) is 24.8 Å². The van der Waals surface area contributed by atoms with E-state index < -0.39 is 5.60 Å². The van der Waals surface area contributed by atoms with Crippen LogP contribution in [0.3, 0.4) is 0 Å². The SMILES string of the molecule is OC1(CCc2ccccc2)CCCNC1. The van der Waals surface area contributed by atoms with Gasteiger partial charge in [-0.25, -0.2) is 0 Å². The van der Waals surface area contributed by atoms with Crippen molar-refractivity contribution in [2.75, 3.05) is 13.1 Å². The molecule has 15 heavy (non-hydrogen) atoms. The Labute approximate surface area is 91.3 Å². The highest BCUT2D eigenvalue weighted by molar-refractivity contribution is 5.15. The topological polar surface area (TPSA) is 32.3 Å². The summed E-state index contributed by atoms with van der Waals surface area (Å²) in [5.41, 5.74) is 0.838. The van der Waals surface area contributed by atoms with E-state index in [4.69, 9.17) is 0 Å². The molecule has 1 aromatic carbocycles. The molecule has 1 unspecified atom stereocenters. The second-order valence-electron chi connectivity index (χ2n) is 4.49. The third-order valence-electron chi connectivity index (χ3n) is 3.17. The summed E-state index contributed by atoms with van der Waals surface area (Å²) in [5, 5.41) is 13.5. The van der Waals surface area contributed by atoms with Crippen LogP contribution in [0.5, 0.6) is 0 Å². The molecule has 1 fully saturated rings. The van der Waals surface area contributed by atoms with Gasteiger partial charge in [0.2, 0.25) is 0 Å². The molecular weight excluding hydrogens is 186 g/mol. The lowest BCUT2D eigenvalue weighted by Gasteiger charge is -2.32.